The van der Waals surface area contributed by atoms with Crippen molar-refractivity contribution in [2.75, 3.05) is 12.4 Å². The molecule has 1 fully saturated rings. The first-order valence-electron chi connectivity index (χ1n) is 9.40. The summed E-state index contributed by atoms with van der Waals surface area (Å²) in [7, 11) is 1.44. The predicted octanol–water partition coefficient (Wildman–Crippen LogP) is 2.35. The van der Waals surface area contributed by atoms with E-state index >= 15 is 0 Å². The second kappa shape index (κ2) is 7.74. The minimum absolute atomic E-state index is 0.0678. The first-order valence-corrected chi connectivity index (χ1v) is 9.40. The van der Waals surface area contributed by atoms with Crippen molar-refractivity contribution in [3.05, 3.63) is 58.7 Å². The van der Waals surface area contributed by atoms with E-state index in [4.69, 9.17) is 4.74 Å². The van der Waals surface area contributed by atoms with Crippen LogP contribution in [0, 0.1) is 11.6 Å². The molecule has 1 saturated heterocycles. The third kappa shape index (κ3) is 3.58. The molecule has 156 valence electrons. The molecule has 7 nitrogen and oxygen atoms in total. The number of amides is 3. The van der Waals surface area contributed by atoms with E-state index in [1.807, 2.05) is 0 Å². The summed E-state index contributed by atoms with van der Waals surface area (Å²) in [6.45, 7) is 0.159. The highest BCUT2D eigenvalue weighted by Gasteiger charge is 2.40. The van der Waals surface area contributed by atoms with Gasteiger partial charge in [-0.2, -0.15) is 0 Å². The lowest BCUT2D eigenvalue weighted by atomic mass is 10.0. The van der Waals surface area contributed by atoms with Gasteiger partial charge in [0.2, 0.25) is 11.8 Å². The van der Waals surface area contributed by atoms with Gasteiger partial charge in [-0.15, -0.1) is 0 Å². The first-order chi connectivity index (χ1) is 14.4. The van der Waals surface area contributed by atoms with E-state index in [0.29, 0.717) is 22.6 Å². The number of hydrogen-bond acceptors (Lipinski definition) is 5. The van der Waals surface area contributed by atoms with Crippen molar-refractivity contribution in [3.63, 3.8) is 0 Å². The van der Waals surface area contributed by atoms with Crippen LogP contribution in [-0.4, -0.2) is 35.8 Å². The highest BCUT2D eigenvalue weighted by molar-refractivity contribution is 6.06. The van der Waals surface area contributed by atoms with E-state index in [1.54, 1.807) is 12.1 Å². The summed E-state index contributed by atoms with van der Waals surface area (Å²) >= 11 is 0. The largest absolute Gasteiger partial charge is 0.497 e. The Morgan fingerprint density at radius 1 is 1.20 bits per heavy atom. The highest BCUT2D eigenvalue weighted by atomic mass is 19.1. The number of ether oxygens (including phenoxy) is 1. The van der Waals surface area contributed by atoms with Crippen molar-refractivity contribution in [2.24, 2.45) is 0 Å². The highest BCUT2D eigenvalue weighted by Crippen LogP contribution is 2.33. The molecule has 0 unspecified atom stereocenters. The standard InChI is InChI=1S/C21H19F2N3O4/c1-30-13-3-2-11(16(23)8-13)9-24-17-7-12(22)6-14-15(17)10-26(21(14)29)18-4-5-19(27)25-20(18)28/h2-3,6-8,18,24H,4-5,9-10H2,1H3,(H,25,27,28)/t18-/m1/s1. The number of benzene rings is 2. The fraction of sp³-hybridized carbons (Fsp3) is 0.286. The van der Waals surface area contributed by atoms with Crippen LogP contribution >= 0.6 is 0 Å². The van der Waals surface area contributed by atoms with Crippen LogP contribution < -0.4 is 15.4 Å². The lowest BCUT2D eigenvalue weighted by Gasteiger charge is -2.29. The van der Waals surface area contributed by atoms with E-state index in [2.05, 4.69) is 10.6 Å². The number of fused-ring (bicyclic) bond motifs is 1. The summed E-state index contributed by atoms with van der Waals surface area (Å²) in [5, 5.41) is 5.22. The van der Waals surface area contributed by atoms with Crippen LogP contribution in [-0.2, 0) is 22.7 Å². The molecule has 2 N–H and O–H groups in total. The Labute approximate surface area is 171 Å². The van der Waals surface area contributed by atoms with E-state index in [0.717, 1.165) is 6.07 Å². The number of nitrogens with one attached hydrogen (secondary N) is 2. The van der Waals surface area contributed by atoms with Gasteiger partial charge in [0.1, 0.15) is 23.4 Å². The van der Waals surface area contributed by atoms with Crippen molar-refractivity contribution in [1.82, 2.24) is 10.2 Å². The molecule has 2 heterocycles. The number of carbonyl (C=O) groups excluding carboxylic acids is 3. The summed E-state index contributed by atoms with van der Waals surface area (Å²) in [5.74, 6) is -2.11. The smallest absolute Gasteiger partial charge is 0.255 e. The van der Waals surface area contributed by atoms with Gasteiger partial charge in [0.25, 0.3) is 5.91 Å². The zero-order chi connectivity index (χ0) is 21.4. The fourth-order valence-corrected chi connectivity index (χ4v) is 3.77. The minimum atomic E-state index is -0.794. The molecule has 2 aromatic rings. The van der Waals surface area contributed by atoms with Crippen LogP contribution in [0.5, 0.6) is 5.75 Å². The summed E-state index contributed by atoms with van der Waals surface area (Å²) in [6.07, 6.45) is 0.347. The number of rotatable bonds is 5. The number of hydrogen-bond donors (Lipinski definition) is 2. The fourth-order valence-electron chi connectivity index (χ4n) is 3.77. The third-order valence-electron chi connectivity index (χ3n) is 5.35. The molecular weight excluding hydrogens is 396 g/mol. The number of anilines is 1. The summed E-state index contributed by atoms with van der Waals surface area (Å²) in [5.41, 5.74) is 1.38. The average molecular weight is 415 g/mol. The minimum Gasteiger partial charge on any atom is -0.497 e. The Bertz CT molecular complexity index is 1060. The molecule has 30 heavy (non-hydrogen) atoms. The average Bonchev–Trinajstić information content (AvgIpc) is 3.03. The number of carbonyl (C=O) groups is 3. The van der Waals surface area contributed by atoms with Crippen LogP contribution in [0.4, 0.5) is 14.5 Å². The Morgan fingerprint density at radius 2 is 2.00 bits per heavy atom. The SMILES string of the molecule is COc1ccc(CNc2cc(F)cc3c2CN([C@@H]2CCC(=O)NC2=O)C3=O)c(F)c1. The van der Waals surface area contributed by atoms with Gasteiger partial charge < -0.3 is 15.0 Å². The van der Waals surface area contributed by atoms with Crippen molar-refractivity contribution < 1.29 is 27.9 Å². The van der Waals surface area contributed by atoms with E-state index < -0.39 is 29.5 Å². The van der Waals surface area contributed by atoms with E-state index in [1.165, 1.54) is 24.1 Å². The zero-order valence-electron chi connectivity index (χ0n) is 16.1. The number of methoxy groups -OCH3 is 1. The maximum absolute atomic E-state index is 14.2. The molecule has 9 heteroatoms. The molecule has 4 rings (SSSR count). The summed E-state index contributed by atoms with van der Waals surface area (Å²) < 4.78 is 33.4. The number of nitrogens with zero attached hydrogens (tertiary/aromatic N) is 1. The normalized spacial score (nSPS) is 18.3. The van der Waals surface area contributed by atoms with Gasteiger partial charge in [0.05, 0.1) is 7.11 Å². The molecular formula is C21H19F2N3O4. The van der Waals surface area contributed by atoms with Crippen molar-refractivity contribution in [2.45, 2.75) is 32.0 Å². The number of piperidine rings is 1. The van der Waals surface area contributed by atoms with Gasteiger partial charge in [0, 0.05) is 48.0 Å². The molecule has 0 aromatic heterocycles. The maximum atomic E-state index is 14.2. The second-order valence-electron chi connectivity index (χ2n) is 7.19. The van der Waals surface area contributed by atoms with Crippen molar-refractivity contribution in [3.8, 4) is 5.75 Å². The Balaban J connectivity index is 1.57. The van der Waals surface area contributed by atoms with Gasteiger partial charge in [-0.3, -0.25) is 19.7 Å². The van der Waals surface area contributed by atoms with Crippen LogP contribution in [0.2, 0.25) is 0 Å². The molecule has 0 radical (unpaired) electrons. The Hall–Kier alpha value is -3.49. The van der Waals surface area contributed by atoms with Crippen LogP contribution in [0.1, 0.15) is 34.3 Å². The molecule has 0 saturated carbocycles. The lowest BCUT2D eigenvalue weighted by Crippen LogP contribution is -2.52. The number of halogens is 2. The molecule has 2 aliphatic rings. The van der Waals surface area contributed by atoms with Gasteiger partial charge in [0.15, 0.2) is 0 Å². The van der Waals surface area contributed by atoms with Crippen LogP contribution in [0.15, 0.2) is 30.3 Å². The van der Waals surface area contributed by atoms with Crippen molar-refractivity contribution >= 4 is 23.4 Å². The molecule has 3 amide bonds. The summed E-state index contributed by atoms with van der Waals surface area (Å²) in [4.78, 5) is 37.7. The summed E-state index contributed by atoms with van der Waals surface area (Å²) in [6, 6.07) is 6.00. The second-order valence-corrected chi connectivity index (χ2v) is 7.19. The zero-order valence-corrected chi connectivity index (χ0v) is 16.1. The molecule has 2 aliphatic heterocycles. The van der Waals surface area contributed by atoms with Crippen LogP contribution in [0.3, 0.4) is 0 Å². The molecule has 0 aliphatic carbocycles. The van der Waals surface area contributed by atoms with E-state index in [9.17, 15) is 23.2 Å². The molecule has 0 bridgehead atoms. The van der Waals surface area contributed by atoms with Gasteiger partial charge >= 0.3 is 0 Å². The molecule has 1 atom stereocenters. The van der Waals surface area contributed by atoms with Crippen molar-refractivity contribution in [1.29, 1.82) is 0 Å². The quantitative estimate of drug-likeness (QED) is 0.732. The Kier molecular flexibility index (Phi) is 5.11. The lowest BCUT2D eigenvalue weighted by molar-refractivity contribution is -0.136. The van der Waals surface area contributed by atoms with Gasteiger partial charge in [-0.05, 0) is 24.6 Å². The molecule has 2 aromatic carbocycles. The predicted molar refractivity (Wildman–Crippen MR) is 103 cm³/mol. The van der Waals surface area contributed by atoms with Gasteiger partial charge in [-0.1, -0.05) is 6.07 Å². The Morgan fingerprint density at radius 3 is 2.70 bits per heavy atom. The van der Waals surface area contributed by atoms with Gasteiger partial charge in [-0.25, -0.2) is 8.78 Å². The topological polar surface area (TPSA) is 87.7 Å². The maximum Gasteiger partial charge on any atom is 0.255 e. The van der Waals surface area contributed by atoms with E-state index in [-0.39, 0.29) is 37.4 Å². The number of imide groups is 1. The third-order valence-corrected chi connectivity index (χ3v) is 5.35. The van der Waals surface area contributed by atoms with Crippen LogP contribution in [0.25, 0.3) is 0 Å². The monoisotopic (exact) mass is 415 g/mol. The molecule has 0 spiro atoms. The first kappa shape index (κ1) is 19.8.